The van der Waals surface area contributed by atoms with Crippen molar-refractivity contribution >= 4 is 23.7 Å². The lowest BCUT2D eigenvalue weighted by Crippen LogP contribution is -2.60. The van der Waals surface area contributed by atoms with E-state index in [2.05, 4.69) is 15.6 Å². The van der Waals surface area contributed by atoms with Crippen molar-refractivity contribution in [2.75, 3.05) is 33.3 Å². The molecule has 1 aliphatic carbocycles. The van der Waals surface area contributed by atoms with Gasteiger partial charge in [-0.1, -0.05) is 5.21 Å². The number of amides is 3. The summed E-state index contributed by atoms with van der Waals surface area (Å²) in [5.41, 5.74) is -3.11. The Balaban J connectivity index is 1.38. The third kappa shape index (κ3) is 6.92. The number of likely N-dealkylation sites (tertiary alicyclic amines) is 1. The van der Waals surface area contributed by atoms with Gasteiger partial charge in [0.25, 0.3) is 0 Å². The number of aliphatic hydroxyl groups is 4. The molecule has 2 aliphatic heterocycles. The summed E-state index contributed by atoms with van der Waals surface area (Å²) in [7, 11) is 1.57. The van der Waals surface area contributed by atoms with Crippen LogP contribution in [-0.2, 0) is 9.53 Å². The van der Waals surface area contributed by atoms with E-state index >= 15 is 0 Å². The topological polar surface area (TPSA) is 174 Å². The molecule has 0 radical (unpaired) electrons. The number of aliphatic hydroxyl groups excluding tert-OH is 3. The fourth-order valence-electron chi connectivity index (χ4n) is 5.51. The number of thioether (sulfide) groups is 1. The van der Waals surface area contributed by atoms with Crippen molar-refractivity contribution in [2.45, 2.75) is 79.3 Å². The summed E-state index contributed by atoms with van der Waals surface area (Å²) in [6.07, 6.45) is -1.20. The number of ether oxygens (including phenoxy) is 1. The van der Waals surface area contributed by atoms with Crippen LogP contribution >= 0.6 is 11.8 Å². The average molecular weight is 659 g/mol. The SMILES string of the molecule is CCN(C)C(=O)[C@H](S[C@@H]1O[C@H](CO)[C@H](O)[C@H](n2cc(-c3cc(F)c(F)c(F)c3)nn2)[C@H]1O)C1(O)CCN(C(=O)NC2CC2)CC1. The fourth-order valence-corrected chi connectivity index (χ4v) is 7.09. The summed E-state index contributed by atoms with van der Waals surface area (Å²) in [5.74, 6) is -4.98. The van der Waals surface area contributed by atoms with Crippen molar-refractivity contribution in [3.05, 3.63) is 35.8 Å². The van der Waals surface area contributed by atoms with Gasteiger partial charge in [-0.3, -0.25) is 4.79 Å². The van der Waals surface area contributed by atoms with Gasteiger partial charge in [0.2, 0.25) is 5.91 Å². The minimum atomic E-state index is -1.65. The number of urea groups is 1. The van der Waals surface area contributed by atoms with Crippen LogP contribution in [0.2, 0.25) is 0 Å². The van der Waals surface area contributed by atoms with E-state index in [1.54, 1.807) is 18.9 Å². The van der Waals surface area contributed by atoms with E-state index in [0.717, 1.165) is 41.4 Å². The van der Waals surface area contributed by atoms with Crippen LogP contribution in [0.15, 0.2) is 18.3 Å². The molecule has 6 atom stereocenters. The lowest BCUT2D eigenvalue weighted by atomic mass is 9.87. The van der Waals surface area contributed by atoms with Crippen LogP contribution in [0.3, 0.4) is 0 Å². The molecule has 5 rings (SSSR count). The van der Waals surface area contributed by atoms with Crippen molar-refractivity contribution in [3.8, 4) is 11.3 Å². The van der Waals surface area contributed by atoms with Gasteiger partial charge in [-0.25, -0.2) is 22.6 Å². The number of carbonyl (C=O) groups excluding carboxylic acids is 2. The number of aromatic nitrogens is 3. The number of piperidine rings is 1. The zero-order valence-corrected chi connectivity index (χ0v) is 25.5. The molecule has 45 heavy (non-hydrogen) atoms. The first-order chi connectivity index (χ1) is 21.4. The summed E-state index contributed by atoms with van der Waals surface area (Å²) in [5, 5.41) is 53.8. The van der Waals surface area contributed by atoms with E-state index in [4.69, 9.17) is 4.74 Å². The van der Waals surface area contributed by atoms with E-state index in [1.807, 2.05) is 0 Å². The maximum absolute atomic E-state index is 13.9. The predicted molar refractivity (Wildman–Crippen MR) is 154 cm³/mol. The van der Waals surface area contributed by atoms with Crippen LogP contribution < -0.4 is 5.32 Å². The Bertz CT molecular complexity index is 1370. The van der Waals surface area contributed by atoms with Gasteiger partial charge in [0.1, 0.15) is 40.7 Å². The van der Waals surface area contributed by atoms with Crippen molar-refractivity contribution in [1.82, 2.24) is 30.1 Å². The lowest BCUT2D eigenvalue weighted by Gasteiger charge is -2.46. The number of halogens is 3. The summed E-state index contributed by atoms with van der Waals surface area (Å²) in [6.45, 7) is 1.78. The second-order valence-corrected chi connectivity index (χ2v) is 12.9. The van der Waals surface area contributed by atoms with Crippen molar-refractivity contribution in [3.63, 3.8) is 0 Å². The molecule has 2 saturated heterocycles. The number of nitrogens with one attached hydrogen (secondary N) is 1. The molecular formula is C28H37F3N6O7S. The summed E-state index contributed by atoms with van der Waals surface area (Å²) < 4.78 is 48.1. The largest absolute Gasteiger partial charge is 0.394 e. The third-order valence-corrected chi connectivity index (χ3v) is 10.2. The van der Waals surface area contributed by atoms with E-state index in [-0.39, 0.29) is 49.3 Å². The second kappa shape index (κ2) is 13.4. The van der Waals surface area contributed by atoms with E-state index in [0.29, 0.717) is 6.54 Å². The van der Waals surface area contributed by atoms with Gasteiger partial charge < -0.3 is 40.3 Å². The van der Waals surface area contributed by atoms with E-state index in [1.165, 1.54) is 11.1 Å². The van der Waals surface area contributed by atoms with Crippen molar-refractivity contribution < 1.29 is 47.9 Å². The van der Waals surface area contributed by atoms with E-state index in [9.17, 15) is 43.2 Å². The van der Waals surface area contributed by atoms with Crippen LogP contribution in [0, 0.1) is 17.5 Å². The fraction of sp³-hybridized carbons (Fsp3) is 0.643. The molecule has 0 spiro atoms. The number of hydrogen-bond acceptors (Lipinski definition) is 10. The Hall–Kier alpha value is -2.96. The standard InChI is InChI=1S/C28H37F3N6O7S/c1-3-35(2)25(41)24(28(43)6-8-36(9-7-28)27(42)32-15-4-5-15)45-26-23(40)21(22(39)19(13-38)44-26)37-12-18(33-34-37)14-10-16(29)20(31)17(30)11-14/h10-12,15,19,21-24,26,38-40,43H,3-9,13H2,1-2H3,(H,32,42)/t19-,21+,22+,23-,24+,26+/m1/s1. The van der Waals surface area contributed by atoms with Gasteiger partial charge in [-0.05, 0) is 44.7 Å². The summed E-state index contributed by atoms with van der Waals surface area (Å²) >= 11 is 0.832. The Morgan fingerprint density at radius 2 is 1.82 bits per heavy atom. The molecule has 5 N–H and O–H groups in total. The Morgan fingerprint density at radius 1 is 1.18 bits per heavy atom. The minimum absolute atomic E-state index is 0.0710. The smallest absolute Gasteiger partial charge is 0.317 e. The Kier molecular flexibility index (Phi) is 9.96. The van der Waals surface area contributed by atoms with Crippen LogP contribution in [0.1, 0.15) is 38.6 Å². The maximum atomic E-state index is 13.9. The highest BCUT2D eigenvalue weighted by Gasteiger charge is 2.52. The van der Waals surface area contributed by atoms with Crippen molar-refractivity contribution in [2.24, 2.45) is 0 Å². The molecule has 2 aromatic rings. The highest BCUT2D eigenvalue weighted by atomic mass is 32.2. The van der Waals surface area contributed by atoms with Gasteiger partial charge in [-0.15, -0.1) is 16.9 Å². The van der Waals surface area contributed by atoms with Crippen molar-refractivity contribution in [1.29, 1.82) is 0 Å². The molecule has 1 saturated carbocycles. The third-order valence-electron chi connectivity index (χ3n) is 8.60. The highest BCUT2D eigenvalue weighted by molar-refractivity contribution is 8.01. The zero-order chi connectivity index (χ0) is 32.6. The summed E-state index contributed by atoms with van der Waals surface area (Å²) in [4.78, 5) is 29.2. The quantitative estimate of drug-likeness (QED) is 0.241. The van der Waals surface area contributed by atoms with Gasteiger partial charge in [0.15, 0.2) is 17.5 Å². The second-order valence-electron chi connectivity index (χ2n) is 11.7. The first kappa shape index (κ1) is 33.4. The van der Waals surface area contributed by atoms with E-state index < -0.39 is 70.6 Å². The van der Waals surface area contributed by atoms with Gasteiger partial charge in [0, 0.05) is 38.3 Å². The number of nitrogens with zero attached hydrogens (tertiary/aromatic N) is 5. The van der Waals surface area contributed by atoms with Gasteiger partial charge in [-0.2, -0.15) is 0 Å². The molecule has 3 aliphatic rings. The zero-order valence-electron chi connectivity index (χ0n) is 24.7. The number of rotatable bonds is 9. The molecule has 1 aromatic carbocycles. The average Bonchev–Trinajstić information content (AvgIpc) is 3.70. The molecule has 1 aromatic heterocycles. The maximum Gasteiger partial charge on any atom is 0.317 e. The highest BCUT2D eigenvalue weighted by Crippen LogP contribution is 2.42. The molecular weight excluding hydrogens is 621 g/mol. The summed E-state index contributed by atoms with van der Waals surface area (Å²) in [6, 6.07) is 0.0645. The molecule has 3 fully saturated rings. The number of hydrogen-bond donors (Lipinski definition) is 5. The van der Waals surface area contributed by atoms with Gasteiger partial charge in [0.05, 0.1) is 18.4 Å². The lowest BCUT2D eigenvalue weighted by molar-refractivity contribution is -0.179. The Morgan fingerprint density at radius 3 is 2.40 bits per heavy atom. The van der Waals surface area contributed by atoms with Crippen LogP contribution in [0.5, 0.6) is 0 Å². The molecule has 13 nitrogen and oxygen atoms in total. The molecule has 248 valence electrons. The van der Waals surface area contributed by atoms with Crippen LogP contribution in [-0.4, -0.2) is 131 Å². The molecule has 17 heteroatoms. The normalized spacial score (nSPS) is 27.2. The van der Waals surface area contributed by atoms with Crippen LogP contribution in [0.25, 0.3) is 11.3 Å². The minimum Gasteiger partial charge on any atom is -0.394 e. The molecule has 0 unspecified atom stereocenters. The van der Waals surface area contributed by atoms with Gasteiger partial charge >= 0.3 is 6.03 Å². The number of benzene rings is 1. The predicted octanol–water partition coefficient (Wildman–Crippen LogP) is 0.621. The first-order valence-electron chi connectivity index (χ1n) is 14.7. The Labute approximate surface area is 261 Å². The monoisotopic (exact) mass is 658 g/mol. The first-order valence-corrected chi connectivity index (χ1v) is 15.7. The molecule has 3 heterocycles. The van der Waals surface area contributed by atoms with Crippen LogP contribution in [0.4, 0.5) is 18.0 Å². The molecule has 0 bridgehead atoms. The number of carbonyl (C=O) groups is 2. The molecule has 3 amide bonds.